The minimum absolute atomic E-state index is 0.172. The number of hydrogen-bond acceptors (Lipinski definition) is 2. The summed E-state index contributed by atoms with van der Waals surface area (Å²) < 4.78 is 5.11. The van der Waals surface area contributed by atoms with Crippen LogP contribution in [0.3, 0.4) is 0 Å². The highest BCUT2D eigenvalue weighted by Crippen LogP contribution is 2.28. The molecule has 1 N–H and O–H groups in total. The monoisotopic (exact) mass is 337 g/mol. The van der Waals surface area contributed by atoms with Gasteiger partial charge in [-0.3, -0.25) is 4.79 Å². The number of anilines is 1. The highest BCUT2D eigenvalue weighted by Gasteiger charge is 2.09. The molecule has 3 rings (SSSR count). The second kappa shape index (κ2) is 7.20. The zero-order valence-corrected chi connectivity index (χ0v) is 13.9. The maximum absolute atomic E-state index is 12.5. The van der Waals surface area contributed by atoms with Gasteiger partial charge in [0.05, 0.1) is 7.11 Å². The van der Waals surface area contributed by atoms with E-state index in [1.165, 1.54) is 0 Å². The number of benzene rings is 3. The lowest BCUT2D eigenvalue weighted by molar-refractivity contribution is 0.102. The van der Waals surface area contributed by atoms with Crippen molar-refractivity contribution in [1.29, 1.82) is 0 Å². The van der Waals surface area contributed by atoms with Crippen LogP contribution in [0.4, 0.5) is 5.69 Å². The highest BCUT2D eigenvalue weighted by molar-refractivity contribution is 6.33. The maximum atomic E-state index is 12.5. The Kier molecular flexibility index (Phi) is 4.82. The number of amides is 1. The SMILES string of the molecule is COc1ccc(NC(=O)c2cccc(-c3ccccc3Cl)c2)cc1. The average molecular weight is 338 g/mol. The molecule has 0 aromatic heterocycles. The van der Waals surface area contributed by atoms with Crippen LogP contribution in [0.25, 0.3) is 11.1 Å². The Balaban J connectivity index is 1.83. The summed E-state index contributed by atoms with van der Waals surface area (Å²) in [6.07, 6.45) is 0. The summed E-state index contributed by atoms with van der Waals surface area (Å²) in [5, 5.41) is 3.53. The van der Waals surface area contributed by atoms with Crippen LogP contribution >= 0.6 is 11.6 Å². The van der Waals surface area contributed by atoms with Gasteiger partial charge >= 0.3 is 0 Å². The molecule has 0 fully saturated rings. The zero-order valence-electron chi connectivity index (χ0n) is 13.1. The fraction of sp³-hybridized carbons (Fsp3) is 0.0500. The normalized spacial score (nSPS) is 10.2. The van der Waals surface area contributed by atoms with Crippen LogP contribution in [-0.4, -0.2) is 13.0 Å². The summed E-state index contributed by atoms with van der Waals surface area (Å²) >= 11 is 6.24. The number of carbonyl (C=O) groups excluding carboxylic acids is 1. The smallest absolute Gasteiger partial charge is 0.255 e. The van der Waals surface area contributed by atoms with Crippen molar-refractivity contribution in [1.82, 2.24) is 0 Å². The Labute approximate surface area is 145 Å². The Morgan fingerprint density at radius 1 is 0.958 bits per heavy atom. The molecule has 3 nitrogen and oxygen atoms in total. The first-order valence-electron chi connectivity index (χ1n) is 7.48. The lowest BCUT2D eigenvalue weighted by Gasteiger charge is -2.09. The van der Waals surface area contributed by atoms with Gasteiger partial charge in [-0.25, -0.2) is 0 Å². The summed E-state index contributed by atoms with van der Waals surface area (Å²) in [5.41, 5.74) is 3.09. The van der Waals surface area contributed by atoms with E-state index in [1.54, 1.807) is 37.4 Å². The molecule has 0 saturated heterocycles. The molecule has 120 valence electrons. The van der Waals surface area contributed by atoms with Gasteiger partial charge in [-0.1, -0.05) is 41.9 Å². The molecule has 0 radical (unpaired) electrons. The van der Waals surface area contributed by atoms with Crippen molar-refractivity contribution < 1.29 is 9.53 Å². The van der Waals surface area contributed by atoms with Crippen molar-refractivity contribution in [2.45, 2.75) is 0 Å². The number of rotatable bonds is 4. The third-order valence-corrected chi connectivity index (χ3v) is 3.99. The minimum Gasteiger partial charge on any atom is -0.497 e. The molecule has 0 saturated carbocycles. The predicted octanol–water partition coefficient (Wildman–Crippen LogP) is 5.27. The molecule has 24 heavy (non-hydrogen) atoms. The first-order valence-corrected chi connectivity index (χ1v) is 7.85. The fourth-order valence-corrected chi connectivity index (χ4v) is 2.65. The molecular weight excluding hydrogens is 322 g/mol. The second-order valence-corrected chi connectivity index (χ2v) is 5.65. The molecule has 0 unspecified atom stereocenters. The predicted molar refractivity (Wildman–Crippen MR) is 97.8 cm³/mol. The van der Waals surface area contributed by atoms with Gasteiger partial charge in [-0.2, -0.15) is 0 Å². The Morgan fingerprint density at radius 2 is 1.71 bits per heavy atom. The number of carbonyl (C=O) groups is 1. The lowest BCUT2D eigenvalue weighted by atomic mass is 10.0. The van der Waals surface area contributed by atoms with Crippen LogP contribution in [0.2, 0.25) is 5.02 Å². The van der Waals surface area contributed by atoms with E-state index in [-0.39, 0.29) is 5.91 Å². The fourth-order valence-electron chi connectivity index (χ4n) is 2.40. The largest absolute Gasteiger partial charge is 0.497 e. The van der Waals surface area contributed by atoms with E-state index in [1.807, 2.05) is 42.5 Å². The van der Waals surface area contributed by atoms with E-state index in [9.17, 15) is 4.79 Å². The molecule has 1 amide bonds. The summed E-state index contributed by atoms with van der Waals surface area (Å²) in [7, 11) is 1.60. The van der Waals surface area contributed by atoms with Crippen molar-refractivity contribution in [3.63, 3.8) is 0 Å². The molecule has 3 aromatic rings. The third-order valence-electron chi connectivity index (χ3n) is 3.66. The van der Waals surface area contributed by atoms with E-state index >= 15 is 0 Å². The zero-order chi connectivity index (χ0) is 16.9. The van der Waals surface area contributed by atoms with E-state index in [2.05, 4.69) is 5.32 Å². The van der Waals surface area contributed by atoms with Gasteiger partial charge in [0.25, 0.3) is 5.91 Å². The molecule has 0 spiro atoms. The molecule has 0 aliphatic rings. The minimum atomic E-state index is -0.172. The first kappa shape index (κ1) is 16.1. The number of halogens is 1. The van der Waals surface area contributed by atoms with Crippen LogP contribution in [0.15, 0.2) is 72.8 Å². The molecule has 0 heterocycles. The van der Waals surface area contributed by atoms with Gasteiger partial charge in [0.1, 0.15) is 5.75 Å². The van der Waals surface area contributed by atoms with Crippen LogP contribution in [-0.2, 0) is 0 Å². The van der Waals surface area contributed by atoms with Gasteiger partial charge in [0.15, 0.2) is 0 Å². The van der Waals surface area contributed by atoms with Crippen LogP contribution in [0.5, 0.6) is 5.75 Å². The van der Waals surface area contributed by atoms with Crippen molar-refractivity contribution in [3.8, 4) is 16.9 Å². The van der Waals surface area contributed by atoms with Crippen LogP contribution in [0.1, 0.15) is 10.4 Å². The summed E-state index contributed by atoms with van der Waals surface area (Å²) in [6, 6.07) is 22.2. The van der Waals surface area contributed by atoms with Crippen molar-refractivity contribution in [2.24, 2.45) is 0 Å². The number of nitrogens with one attached hydrogen (secondary N) is 1. The third kappa shape index (κ3) is 3.58. The Hall–Kier alpha value is -2.78. The van der Waals surface area contributed by atoms with Gasteiger partial charge in [0.2, 0.25) is 0 Å². The van der Waals surface area contributed by atoms with E-state index < -0.39 is 0 Å². The molecule has 0 aliphatic carbocycles. The highest BCUT2D eigenvalue weighted by atomic mass is 35.5. The van der Waals surface area contributed by atoms with Gasteiger partial charge in [0, 0.05) is 21.8 Å². The molecular formula is C20H16ClNO2. The first-order chi connectivity index (χ1) is 11.7. The quantitative estimate of drug-likeness (QED) is 0.704. The van der Waals surface area contributed by atoms with Gasteiger partial charge < -0.3 is 10.1 Å². The van der Waals surface area contributed by atoms with Crippen molar-refractivity contribution >= 4 is 23.2 Å². The Bertz CT molecular complexity index is 860. The summed E-state index contributed by atoms with van der Waals surface area (Å²) in [6.45, 7) is 0. The van der Waals surface area contributed by atoms with Gasteiger partial charge in [-0.15, -0.1) is 0 Å². The number of ether oxygens (including phenoxy) is 1. The van der Waals surface area contributed by atoms with Crippen molar-refractivity contribution in [2.75, 3.05) is 12.4 Å². The van der Waals surface area contributed by atoms with Crippen LogP contribution < -0.4 is 10.1 Å². The maximum Gasteiger partial charge on any atom is 0.255 e. The standard InChI is InChI=1S/C20H16ClNO2/c1-24-17-11-9-16(10-12-17)22-20(23)15-6-4-5-14(13-15)18-7-2-3-8-19(18)21/h2-13H,1H3,(H,22,23). The van der Waals surface area contributed by atoms with Gasteiger partial charge in [-0.05, 0) is 48.0 Å². The summed E-state index contributed by atoms with van der Waals surface area (Å²) in [4.78, 5) is 12.5. The number of methoxy groups -OCH3 is 1. The van der Waals surface area contributed by atoms with E-state index in [0.717, 1.165) is 16.9 Å². The average Bonchev–Trinajstić information content (AvgIpc) is 2.63. The topological polar surface area (TPSA) is 38.3 Å². The summed E-state index contributed by atoms with van der Waals surface area (Å²) in [5.74, 6) is 0.572. The molecule has 0 atom stereocenters. The lowest BCUT2D eigenvalue weighted by Crippen LogP contribution is -2.11. The molecule has 0 aliphatic heterocycles. The number of hydrogen-bond donors (Lipinski definition) is 1. The van der Waals surface area contributed by atoms with E-state index in [0.29, 0.717) is 16.3 Å². The van der Waals surface area contributed by atoms with Crippen LogP contribution in [0, 0.1) is 0 Å². The van der Waals surface area contributed by atoms with Crippen molar-refractivity contribution in [3.05, 3.63) is 83.4 Å². The van der Waals surface area contributed by atoms with E-state index in [4.69, 9.17) is 16.3 Å². The molecule has 0 bridgehead atoms. The molecule has 4 heteroatoms. The second-order valence-electron chi connectivity index (χ2n) is 5.24. The Morgan fingerprint density at radius 3 is 2.42 bits per heavy atom. The molecule has 3 aromatic carbocycles.